The molecule has 1 saturated heterocycles. The molecule has 0 N–H and O–H groups in total. The first-order valence-corrected chi connectivity index (χ1v) is 10.5. The summed E-state index contributed by atoms with van der Waals surface area (Å²) in [6, 6.07) is 12.7. The van der Waals surface area contributed by atoms with Gasteiger partial charge in [-0.2, -0.15) is 0 Å². The molecule has 3 amide bonds. The lowest BCUT2D eigenvalue weighted by atomic mass is 9.75. The number of benzene rings is 1. The Labute approximate surface area is 188 Å². The molecule has 1 aliphatic heterocycles. The van der Waals surface area contributed by atoms with Gasteiger partial charge in [-0.1, -0.05) is 24.3 Å². The number of para-hydroxylation sites is 1. The van der Waals surface area contributed by atoms with E-state index in [0.717, 1.165) is 5.69 Å². The van der Waals surface area contributed by atoms with Crippen LogP contribution in [0.4, 0.5) is 0 Å². The molecular formula is C24H29N3O5. The topological polar surface area (TPSA) is 89.0 Å². The fourth-order valence-electron chi connectivity index (χ4n) is 4.04. The molecule has 0 spiro atoms. The minimum absolute atomic E-state index is 0.0876. The summed E-state index contributed by atoms with van der Waals surface area (Å²) in [5.74, 6) is -0.454. The van der Waals surface area contributed by atoms with E-state index < -0.39 is 11.3 Å². The Bertz CT molecular complexity index is 965. The van der Waals surface area contributed by atoms with Gasteiger partial charge in [-0.3, -0.25) is 24.3 Å². The van der Waals surface area contributed by atoms with Crippen molar-refractivity contribution in [2.75, 3.05) is 41.0 Å². The third-order valence-electron chi connectivity index (χ3n) is 5.86. The number of carbonyl (C=O) groups excluding carboxylic acids is 3. The van der Waals surface area contributed by atoms with Crippen LogP contribution in [0.15, 0.2) is 48.7 Å². The minimum Gasteiger partial charge on any atom is -0.496 e. The Morgan fingerprint density at radius 1 is 1.16 bits per heavy atom. The Hall–Kier alpha value is -3.26. The highest BCUT2D eigenvalue weighted by Crippen LogP contribution is 2.44. The number of hydrogen-bond donors (Lipinski definition) is 0. The number of pyridine rings is 1. The number of amides is 3. The molecule has 0 unspecified atom stereocenters. The Morgan fingerprint density at radius 3 is 2.59 bits per heavy atom. The van der Waals surface area contributed by atoms with Gasteiger partial charge in [0.05, 0.1) is 25.7 Å². The third kappa shape index (κ3) is 4.80. The highest BCUT2D eigenvalue weighted by molar-refractivity contribution is 6.11. The first-order chi connectivity index (χ1) is 15.4. The number of likely N-dealkylation sites (N-methyl/N-ethyl adjacent to an activating group) is 1. The Morgan fingerprint density at radius 2 is 1.91 bits per heavy atom. The van der Waals surface area contributed by atoms with Crippen LogP contribution in [0.5, 0.6) is 5.75 Å². The summed E-state index contributed by atoms with van der Waals surface area (Å²) in [6.45, 7) is 0.833. The summed E-state index contributed by atoms with van der Waals surface area (Å²) in [5, 5.41) is 0. The summed E-state index contributed by atoms with van der Waals surface area (Å²) >= 11 is 0. The van der Waals surface area contributed by atoms with Gasteiger partial charge in [0.1, 0.15) is 5.75 Å². The molecular weight excluding hydrogens is 410 g/mol. The minimum atomic E-state index is -1.31. The van der Waals surface area contributed by atoms with Crippen molar-refractivity contribution in [3.05, 3.63) is 59.9 Å². The second kappa shape index (κ2) is 10.4. The highest BCUT2D eigenvalue weighted by atomic mass is 16.5. The molecule has 3 rings (SSSR count). The zero-order valence-corrected chi connectivity index (χ0v) is 18.7. The number of hydrogen-bond acceptors (Lipinski definition) is 6. The Kier molecular flexibility index (Phi) is 7.58. The van der Waals surface area contributed by atoms with E-state index in [1.165, 1.54) is 19.1 Å². The van der Waals surface area contributed by atoms with Crippen LogP contribution >= 0.6 is 0 Å². The van der Waals surface area contributed by atoms with E-state index in [2.05, 4.69) is 4.98 Å². The number of likely N-dealkylation sites (tertiary alicyclic amines) is 1. The molecule has 32 heavy (non-hydrogen) atoms. The van der Waals surface area contributed by atoms with Crippen molar-refractivity contribution in [3.63, 3.8) is 0 Å². The van der Waals surface area contributed by atoms with Gasteiger partial charge in [0.25, 0.3) is 0 Å². The van der Waals surface area contributed by atoms with Crippen molar-refractivity contribution in [3.8, 4) is 5.75 Å². The van der Waals surface area contributed by atoms with Gasteiger partial charge >= 0.3 is 0 Å². The second-order valence-electron chi connectivity index (χ2n) is 7.87. The SMILES string of the molecule is COCCN1C(=O)C[C@](CC(=O)N(C)CCc2ccccn2)(c2ccccc2OC)C1=O. The van der Waals surface area contributed by atoms with Crippen LogP contribution in [0, 0.1) is 0 Å². The standard InChI is InChI=1S/C24H29N3O5/c1-26(13-11-18-8-6-7-12-25-18)21(28)16-24(19-9-4-5-10-20(19)32-3)17-22(29)27(23(24)30)14-15-31-2/h4-10,12H,11,13-17H2,1-3H3/t24-/m1/s1. The molecule has 0 aliphatic carbocycles. The van der Waals surface area contributed by atoms with E-state index in [9.17, 15) is 14.4 Å². The van der Waals surface area contributed by atoms with Crippen LogP contribution in [-0.4, -0.2) is 73.5 Å². The molecule has 170 valence electrons. The van der Waals surface area contributed by atoms with Gasteiger partial charge in [0.15, 0.2) is 0 Å². The monoisotopic (exact) mass is 439 g/mol. The summed E-state index contributed by atoms with van der Waals surface area (Å²) in [5.41, 5.74) is 0.116. The number of aromatic nitrogens is 1. The number of methoxy groups -OCH3 is 2. The molecule has 1 aromatic heterocycles. The molecule has 2 aromatic rings. The van der Waals surface area contributed by atoms with Gasteiger partial charge in [-0.15, -0.1) is 0 Å². The van der Waals surface area contributed by atoms with Crippen LogP contribution in [0.3, 0.4) is 0 Å². The van der Waals surface area contributed by atoms with E-state index in [-0.39, 0.29) is 37.8 Å². The molecule has 8 heteroatoms. The molecule has 0 radical (unpaired) electrons. The molecule has 0 saturated carbocycles. The van der Waals surface area contributed by atoms with Crippen LogP contribution in [-0.2, 0) is 31.0 Å². The lowest BCUT2D eigenvalue weighted by Crippen LogP contribution is -2.44. The van der Waals surface area contributed by atoms with Crippen molar-refractivity contribution in [1.82, 2.24) is 14.8 Å². The first kappa shape index (κ1) is 23.4. The maximum atomic E-state index is 13.6. The zero-order chi connectivity index (χ0) is 23.1. The lowest BCUT2D eigenvalue weighted by molar-refractivity contribution is -0.143. The molecule has 1 atom stereocenters. The fraction of sp³-hybridized carbons (Fsp3) is 0.417. The van der Waals surface area contributed by atoms with Gasteiger partial charge in [-0.25, -0.2) is 0 Å². The number of carbonyl (C=O) groups is 3. The quantitative estimate of drug-likeness (QED) is 0.525. The number of rotatable bonds is 10. The normalized spacial score (nSPS) is 18.2. The predicted molar refractivity (Wildman–Crippen MR) is 118 cm³/mol. The first-order valence-electron chi connectivity index (χ1n) is 10.5. The van der Waals surface area contributed by atoms with Crippen molar-refractivity contribution in [2.45, 2.75) is 24.7 Å². The van der Waals surface area contributed by atoms with Crippen LogP contribution in [0.2, 0.25) is 0 Å². The molecule has 1 fully saturated rings. The molecule has 1 aliphatic rings. The van der Waals surface area contributed by atoms with E-state index >= 15 is 0 Å². The van der Waals surface area contributed by atoms with Crippen LogP contribution < -0.4 is 4.74 Å². The number of nitrogens with zero attached hydrogens (tertiary/aromatic N) is 3. The molecule has 0 bridgehead atoms. The largest absolute Gasteiger partial charge is 0.496 e. The fourth-order valence-corrected chi connectivity index (χ4v) is 4.04. The predicted octanol–water partition coefficient (Wildman–Crippen LogP) is 1.82. The average molecular weight is 440 g/mol. The Balaban J connectivity index is 1.87. The smallest absolute Gasteiger partial charge is 0.241 e. The van der Waals surface area contributed by atoms with Crippen LogP contribution in [0.25, 0.3) is 0 Å². The van der Waals surface area contributed by atoms with Gasteiger partial charge < -0.3 is 14.4 Å². The van der Waals surface area contributed by atoms with Crippen molar-refractivity contribution >= 4 is 17.7 Å². The highest BCUT2D eigenvalue weighted by Gasteiger charge is 2.55. The summed E-state index contributed by atoms with van der Waals surface area (Å²) in [4.78, 5) is 46.7. The van der Waals surface area contributed by atoms with E-state index in [0.29, 0.717) is 24.3 Å². The van der Waals surface area contributed by atoms with E-state index in [4.69, 9.17) is 9.47 Å². The molecule has 2 heterocycles. The zero-order valence-electron chi connectivity index (χ0n) is 18.7. The van der Waals surface area contributed by atoms with Gasteiger partial charge in [0.2, 0.25) is 17.7 Å². The molecule has 8 nitrogen and oxygen atoms in total. The van der Waals surface area contributed by atoms with E-state index in [1.54, 1.807) is 42.4 Å². The van der Waals surface area contributed by atoms with Crippen molar-refractivity contribution < 1.29 is 23.9 Å². The summed E-state index contributed by atoms with van der Waals surface area (Å²) in [6.07, 6.45) is 2.10. The van der Waals surface area contributed by atoms with Crippen molar-refractivity contribution in [2.24, 2.45) is 0 Å². The second-order valence-corrected chi connectivity index (χ2v) is 7.87. The van der Waals surface area contributed by atoms with Gasteiger partial charge in [-0.05, 0) is 18.2 Å². The number of ether oxygens (including phenoxy) is 2. The average Bonchev–Trinajstić information content (AvgIpc) is 3.05. The number of imide groups is 1. The van der Waals surface area contributed by atoms with E-state index in [1.807, 2.05) is 18.2 Å². The third-order valence-corrected chi connectivity index (χ3v) is 5.86. The maximum absolute atomic E-state index is 13.6. The summed E-state index contributed by atoms with van der Waals surface area (Å²) in [7, 11) is 4.72. The lowest BCUT2D eigenvalue weighted by Gasteiger charge is -2.30. The maximum Gasteiger partial charge on any atom is 0.241 e. The van der Waals surface area contributed by atoms with Gasteiger partial charge in [0, 0.05) is 57.4 Å². The summed E-state index contributed by atoms with van der Waals surface area (Å²) < 4.78 is 10.6. The van der Waals surface area contributed by atoms with Crippen molar-refractivity contribution in [1.29, 1.82) is 0 Å². The van der Waals surface area contributed by atoms with Crippen LogP contribution in [0.1, 0.15) is 24.1 Å². The molecule has 1 aromatic carbocycles.